The molecule has 9 N–H and O–H groups in total. The van der Waals surface area contributed by atoms with Gasteiger partial charge in [0.15, 0.2) is 0 Å². The van der Waals surface area contributed by atoms with Gasteiger partial charge in [0.05, 0.1) is 13.2 Å². The molecule has 6 rings (SSSR count). The molecule has 46 heavy (non-hydrogen) atoms. The fraction of sp³-hybridized carbons (Fsp3) is 0.543. The lowest BCUT2D eigenvalue weighted by atomic mass is 9.81. The molecule has 2 aromatic rings. The fourth-order valence-corrected chi connectivity index (χ4v) is 7.15. The van der Waals surface area contributed by atoms with Crippen molar-refractivity contribution in [3.63, 3.8) is 0 Å². The summed E-state index contributed by atoms with van der Waals surface area (Å²) in [5.74, 6) is 11.8. The van der Waals surface area contributed by atoms with Crippen LogP contribution in [-0.2, 0) is 15.1 Å². The van der Waals surface area contributed by atoms with Crippen molar-refractivity contribution in [2.75, 3.05) is 13.2 Å². The van der Waals surface area contributed by atoms with Crippen molar-refractivity contribution >= 4 is 0 Å². The van der Waals surface area contributed by atoms with E-state index in [4.69, 9.17) is 9.47 Å². The Morgan fingerprint density at radius 3 is 1.48 bits per heavy atom. The van der Waals surface area contributed by atoms with E-state index in [1.807, 2.05) is 12.1 Å². The molecule has 2 heterocycles. The van der Waals surface area contributed by atoms with Crippen LogP contribution < -0.4 is 0 Å². The van der Waals surface area contributed by atoms with E-state index in [2.05, 4.69) is 23.7 Å². The van der Waals surface area contributed by atoms with Gasteiger partial charge in [-0.05, 0) is 58.9 Å². The monoisotopic (exact) mass is 636 g/mol. The highest BCUT2D eigenvalue weighted by Crippen LogP contribution is 2.52. The number of rotatable bonds is 4. The lowest BCUT2D eigenvalue weighted by Gasteiger charge is -2.37. The molecule has 3 fully saturated rings. The molecular weight excluding hydrogens is 596 g/mol. The number of aliphatic hydroxyl groups excluding tert-OH is 8. The minimum atomic E-state index is -1.53. The first-order valence-corrected chi connectivity index (χ1v) is 15.7. The zero-order chi connectivity index (χ0) is 32.7. The Morgan fingerprint density at radius 2 is 1.07 bits per heavy atom. The van der Waals surface area contributed by atoms with Crippen molar-refractivity contribution in [3.8, 4) is 34.8 Å². The Hall–Kier alpha value is -2.88. The standard InChI is InChI=1S/C35H40O11/c36-16-27-31(40)33(42)29(38)25(45-27)11-7-18-5-9-21-22-10-6-19(8-12-26-30(39)34(43)32(41)28(17-37)46-26)14-24(22)35(44,23(21)13-18)15-20-3-1-2-4-20/h5-6,9-10,13-14,20,25-34,36-44H,1-4,15-17H2. The second-order valence-electron chi connectivity index (χ2n) is 12.8. The lowest BCUT2D eigenvalue weighted by molar-refractivity contribution is -0.214. The predicted molar refractivity (Wildman–Crippen MR) is 163 cm³/mol. The summed E-state index contributed by atoms with van der Waals surface area (Å²) in [4.78, 5) is 0. The van der Waals surface area contributed by atoms with Gasteiger partial charge in [0.2, 0.25) is 0 Å². The number of aliphatic hydroxyl groups is 9. The van der Waals surface area contributed by atoms with E-state index >= 15 is 0 Å². The maximum absolute atomic E-state index is 12.5. The molecule has 0 aromatic heterocycles. The van der Waals surface area contributed by atoms with Gasteiger partial charge in [-0.1, -0.05) is 61.5 Å². The second-order valence-corrected chi connectivity index (χ2v) is 12.8. The number of hydrogen-bond acceptors (Lipinski definition) is 11. The molecule has 2 saturated heterocycles. The van der Waals surface area contributed by atoms with Gasteiger partial charge >= 0.3 is 0 Å². The maximum atomic E-state index is 12.5. The molecule has 0 amide bonds. The van der Waals surface area contributed by atoms with E-state index in [-0.39, 0.29) is 0 Å². The van der Waals surface area contributed by atoms with Crippen LogP contribution in [-0.4, -0.2) is 120 Å². The predicted octanol–water partition coefficient (Wildman–Crippen LogP) is -1.13. The summed E-state index contributed by atoms with van der Waals surface area (Å²) in [5.41, 5.74) is 2.74. The maximum Gasteiger partial charge on any atom is 0.147 e. The van der Waals surface area contributed by atoms with E-state index in [1.54, 1.807) is 24.3 Å². The summed E-state index contributed by atoms with van der Waals surface area (Å²) in [6.07, 6.45) is -8.75. The smallest absolute Gasteiger partial charge is 0.147 e. The Kier molecular flexibility index (Phi) is 9.57. The Bertz CT molecular complexity index is 1440. The van der Waals surface area contributed by atoms with Crippen molar-refractivity contribution in [3.05, 3.63) is 58.7 Å². The molecule has 11 heteroatoms. The number of ether oxygens (including phenoxy) is 2. The van der Waals surface area contributed by atoms with Gasteiger partial charge in [0, 0.05) is 11.1 Å². The molecule has 2 aromatic carbocycles. The van der Waals surface area contributed by atoms with Gasteiger partial charge in [0.1, 0.15) is 66.6 Å². The Labute approximate surface area is 266 Å². The third-order valence-corrected chi connectivity index (χ3v) is 9.78. The molecule has 246 valence electrons. The second kappa shape index (κ2) is 13.3. The van der Waals surface area contributed by atoms with Crippen LogP contribution in [0.15, 0.2) is 36.4 Å². The highest BCUT2D eigenvalue weighted by molar-refractivity contribution is 5.81. The topological polar surface area (TPSA) is 201 Å². The van der Waals surface area contributed by atoms with Crippen LogP contribution in [0.25, 0.3) is 11.1 Å². The summed E-state index contributed by atoms with van der Waals surface area (Å²) in [6, 6.07) is 10.9. The van der Waals surface area contributed by atoms with Crippen molar-refractivity contribution in [2.45, 2.75) is 98.7 Å². The normalized spacial score (nSPS) is 37.1. The average molecular weight is 637 g/mol. The molecule has 2 aliphatic carbocycles. The van der Waals surface area contributed by atoms with Gasteiger partial charge in [-0.15, -0.1) is 0 Å². The Balaban J connectivity index is 1.32. The fourth-order valence-electron chi connectivity index (χ4n) is 7.15. The molecule has 2 aliphatic heterocycles. The molecule has 1 saturated carbocycles. The van der Waals surface area contributed by atoms with Crippen LogP contribution in [0.2, 0.25) is 0 Å². The molecule has 0 spiro atoms. The van der Waals surface area contributed by atoms with Crippen molar-refractivity contribution in [1.82, 2.24) is 0 Å². The van der Waals surface area contributed by atoms with Crippen LogP contribution in [0.3, 0.4) is 0 Å². The summed E-state index contributed by atoms with van der Waals surface area (Å²) in [5, 5.41) is 92.7. The van der Waals surface area contributed by atoms with Gasteiger partial charge in [-0.2, -0.15) is 0 Å². The van der Waals surface area contributed by atoms with Crippen LogP contribution in [0, 0.1) is 29.6 Å². The van der Waals surface area contributed by atoms with Gasteiger partial charge in [-0.3, -0.25) is 0 Å². The van der Waals surface area contributed by atoms with E-state index in [1.165, 1.54) is 0 Å². The lowest BCUT2D eigenvalue weighted by Crippen LogP contribution is -2.58. The molecule has 10 unspecified atom stereocenters. The van der Waals surface area contributed by atoms with E-state index in [0.29, 0.717) is 34.6 Å². The SMILES string of the molecule is OCC1OC(C#Cc2ccc3c(c2)C(O)(CC2CCCC2)c2cc(C#CC4OC(CO)C(O)C(O)C4O)ccc2-3)C(O)C(O)C1O. The van der Waals surface area contributed by atoms with E-state index < -0.39 is 79.9 Å². The molecule has 0 radical (unpaired) electrons. The number of hydrogen-bond donors (Lipinski definition) is 9. The molecular formula is C35H40O11. The average Bonchev–Trinajstić information content (AvgIpc) is 3.66. The molecule has 11 nitrogen and oxygen atoms in total. The first-order valence-electron chi connectivity index (χ1n) is 15.7. The van der Waals surface area contributed by atoms with Crippen LogP contribution in [0.1, 0.15) is 54.4 Å². The first-order chi connectivity index (χ1) is 22.0. The van der Waals surface area contributed by atoms with Crippen molar-refractivity contribution in [2.24, 2.45) is 5.92 Å². The minimum absolute atomic E-state index is 0.302. The van der Waals surface area contributed by atoms with E-state index in [9.17, 15) is 46.0 Å². The van der Waals surface area contributed by atoms with Crippen LogP contribution >= 0.6 is 0 Å². The molecule has 10 atom stereocenters. The van der Waals surface area contributed by atoms with Crippen molar-refractivity contribution in [1.29, 1.82) is 0 Å². The summed E-state index contributed by atoms with van der Waals surface area (Å²) < 4.78 is 11.1. The zero-order valence-corrected chi connectivity index (χ0v) is 25.1. The largest absolute Gasteiger partial charge is 0.394 e. The molecule has 4 aliphatic rings. The van der Waals surface area contributed by atoms with Gasteiger partial charge in [-0.25, -0.2) is 0 Å². The van der Waals surface area contributed by atoms with E-state index in [0.717, 1.165) is 36.8 Å². The summed E-state index contributed by atoms with van der Waals surface area (Å²) in [6.45, 7) is -1.10. The van der Waals surface area contributed by atoms with Gasteiger partial charge < -0.3 is 55.4 Å². The minimum Gasteiger partial charge on any atom is -0.394 e. The summed E-state index contributed by atoms with van der Waals surface area (Å²) in [7, 11) is 0. The first kappa shape index (κ1) is 33.0. The quantitative estimate of drug-likeness (QED) is 0.184. The zero-order valence-electron chi connectivity index (χ0n) is 25.1. The van der Waals surface area contributed by atoms with Crippen LogP contribution in [0.5, 0.6) is 0 Å². The number of benzene rings is 2. The molecule has 0 bridgehead atoms. The Morgan fingerprint density at radius 1 is 0.630 bits per heavy atom. The third-order valence-electron chi connectivity index (χ3n) is 9.78. The number of fused-ring (bicyclic) bond motifs is 3. The van der Waals surface area contributed by atoms with Crippen LogP contribution in [0.4, 0.5) is 0 Å². The van der Waals surface area contributed by atoms with Crippen molar-refractivity contribution < 1.29 is 55.4 Å². The highest BCUT2D eigenvalue weighted by atomic mass is 16.5. The van der Waals surface area contributed by atoms with Gasteiger partial charge in [0.25, 0.3) is 0 Å². The summed E-state index contributed by atoms with van der Waals surface area (Å²) >= 11 is 0. The highest BCUT2D eigenvalue weighted by Gasteiger charge is 2.45. The third kappa shape index (κ3) is 5.99.